The van der Waals surface area contributed by atoms with Crippen molar-refractivity contribution >= 4 is 22.5 Å². The van der Waals surface area contributed by atoms with Crippen LogP contribution < -0.4 is 5.32 Å². The summed E-state index contributed by atoms with van der Waals surface area (Å²) in [6.07, 6.45) is 5.45. The summed E-state index contributed by atoms with van der Waals surface area (Å²) in [5.74, 6) is -0.00680. The van der Waals surface area contributed by atoms with Gasteiger partial charge >= 0.3 is 0 Å². The van der Waals surface area contributed by atoms with E-state index in [9.17, 15) is 4.79 Å². The second-order valence-electron chi connectivity index (χ2n) is 5.85. The predicted molar refractivity (Wildman–Crippen MR) is 95.6 cm³/mol. The molecule has 0 fully saturated rings. The highest BCUT2D eigenvalue weighted by Gasteiger charge is 2.06. The van der Waals surface area contributed by atoms with E-state index in [4.69, 9.17) is 0 Å². The van der Waals surface area contributed by atoms with Crippen molar-refractivity contribution < 1.29 is 4.79 Å². The first-order valence-electron chi connectivity index (χ1n) is 8.19. The van der Waals surface area contributed by atoms with E-state index in [1.807, 2.05) is 47.2 Å². The molecule has 3 heteroatoms. The van der Waals surface area contributed by atoms with Gasteiger partial charge in [0.05, 0.1) is 0 Å². The number of hydrogen-bond acceptors (Lipinski definition) is 1. The minimum absolute atomic E-state index is 0.00680. The van der Waals surface area contributed by atoms with Gasteiger partial charge in [-0.15, -0.1) is 0 Å². The van der Waals surface area contributed by atoms with Crippen LogP contribution in [0.1, 0.15) is 25.3 Å². The van der Waals surface area contributed by atoms with Gasteiger partial charge < -0.3 is 9.88 Å². The second-order valence-corrected chi connectivity index (χ2v) is 5.85. The Hall–Kier alpha value is -2.55. The van der Waals surface area contributed by atoms with Gasteiger partial charge in [-0.3, -0.25) is 4.79 Å². The maximum atomic E-state index is 12.2. The number of aromatic nitrogens is 1. The fourth-order valence-corrected chi connectivity index (χ4v) is 2.77. The zero-order chi connectivity index (χ0) is 16.1. The minimum Gasteiger partial charge on any atom is -0.338 e. The van der Waals surface area contributed by atoms with Crippen molar-refractivity contribution in [2.24, 2.45) is 0 Å². The maximum absolute atomic E-state index is 12.2. The van der Waals surface area contributed by atoms with E-state index in [0.29, 0.717) is 6.54 Å². The molecule has 0 unspecified atom stereocenters. The van der Waals surface area contributed by atoms with E-state index in [2.05, 4.69) is 30.4 Å². The zero-order valence-electron chi connectivity index (χ0n) is 13.5. The molecule has 1 aromatic heterocycles. The summed E-state index contributed by atoms with van der Waals surface area (Å²) in [4.78, 5) is 12.2. The van der Waals surface area contributed by atoms with Gasteiger partial charge in [0, 0.05) is 17.4 Å². The molecule has 0 aliphatic carbocycles. The fourth-order valence-electron chi connectivity index (χ4n) is 2.77. The van der Waals surface area contributed by atoms with E-state index in [1.165, 1.54) is 18.4 Å². The SMILES string of the molecule is CCCCc1ccc(NC(=O)Cn2ccc3ccccc32)cc1. The third-order valence-corrected chi connectivity index (χ3v) is 4.05. The van der Waals surface area contributed by atoms with Crippen LogP contribution in [-0.2, 0) is 17.8 Å². The molecule has 118 valence electrons. The fraction of sp³-hybridized carbons (Fsp3) is 0.250. The average molecular weight is 306 g/mol. The van der Waals surface area contributed by atoms with Crippen molar-refractivity contribution in [2.75, 3.05) is 5.32 Å². The van der Waals surface area contributed by atoms with Crippen molar-refractivity contribution in [1.82, 2.24) is 4.57 Å². The molecule has 3 nitrogen and oxygen atoms in total. The number of carbonyl (C=O) groups excluding carboxylic acids is 1. The first-order valence-corrected chi connectivity index (χ1v) is 8.19. The molecule has 3 aromatic rings. The van der Waals surface area contributed by atoms with Gasteiger partial charge in [0.1, 0.15) is 6.54 Å². The summed E-state index contributed by atoms with van der Waals surface area (Å²) < 4.78 is 1.97. The first-order chi connectivity index (χ1) is 11.3. The highest BCUT2D eigenvalue weighted by molar-refractivity contribution is 5.92. The summed E-state index contributed by atoms with van der Waals surface area (Å²) in [7, 11) is 0. The molecule has 1 heterocycles. The number of para-hydroxylation sites is 1. The van der Waals surface area contributed by atoms with E-state index < -0.39 is 0 Å². The predicted octanol–water partition coefficient (Wildman–Crippen LogP) is 4.62. The molecule has 0 aliphatic heterocycles. The van der Waals surface area contributed by atoms with Crippen LogP contribution in [0.3, 0.4) is 0 Å². The number of aryl methyl sites for hydroxylation is 1. The highest BCUT2D eigenvalue weighted by Crippen LogP contribution is 2.16. The van der Waals surface area contributed by atoms with Crippen molar-refractivity contribution in [3.05, 3.63) is 66.4 Å². The van der Waals surface area contributed by atoms with Gasteiger partial charge in [0.15, 0.2) is 0 Å². The molecule has 2 aromatic carbocycles. The van der Waals surface area contributed by atoms with Gasteiger partial charge in [-0.2, -0.15) is 0 Å². The van der Waals surface area contributed by atoms with Crippen LogP contribution in [0.2, 0.25) is 0 Å². The Morgan fingerprint density at radius 2 is 1.83 bits per heavy atom. The molecule has 0 saturated heterocycles. The number of rotatable bonds is 6. The number of nitrogens with zero attached hydrogens (tertiary/aromatic N) is 1. The molecule has 1 amide bonds. The molecule has 0 bridgehead atoms. The zero-order valence-corrected chi connectivity index (χ0v) is 13.5. The minimum atomic E-state index is -0.00680. The smallest absolute Gasteiger partial charge is 0.244 e. The highest BCUT2D eigenvalue weighted by atomic mass is 16.1. The van der Waals surface area contributed by atoms with Crippen LogP contribution in [0.15, 0.2) is 60.8 Å². The van der Waals surface area contributed by atoms with E-state index in [1.54, 1.807) is 0 Å². The molecule has 3 rings (SSSR count). The Bertz CT molecular complexity index is 787. The Balaban J connectivity index is 1.63. The monoisotopic (exact) mass is 306 g/mol. The summed E-state index contributed by atoms with van der Waals surface area (Å²) in [5, 5.41) is 4.12. The largest absolute Gasteiger partial charge is 0.338 e. The van der Waals surface area contributed by atoms with E-state index in [-0.39, 0.29) is 5.91 Å². The van der Waals surface area contributed by atoms with Crippen molar-refractivity contribution in [3.8, 4) is 0 Å². The standard InChI is InChI=1S/C20H22N2O/c1-2-3-6-16-9-11-18(12-10-16)21-20(23)15-22-14-13-17-7-4-5-8-19(17)22/h4-5,7-14H,2-3,6,15H2,1H3,(H,21,23). The van der Waals surface area contributed by atoms with Crippen LogP contribution in [0.5, 0.6) is 0 Å². The molecule has 0 atom stereocenters. The van der Waals surface area contributed by atoms with Gasteiger partial charge in [0.25, 0.3) is 0 Å². The van der Waals surface area contributed by atoms with Crippen LogP contribution >= 0.6 is 0 Å². The first kappa shape index (κ1) is 15.3. The third kappa shape index (κ3) is 3.81. The summed E-state index contributed by atoms with van der Waals surface area (Å²) in [5.41, 5.74) is 3.26. The Labute approximate surface area is 136 Å². The number of carbonyl (C=O) groups is 1. The summed E-state index contributed by atoms with van der Waals surface area (Å²) in [6, 6.07) is 18.3. The molecule has 1 N–H and O–H groups in total. The van der Waals surface area contributed by atoms with Crippen molar-refractivity contribution in [3.63, 3.8) is 0 Å². The molecular weight excluding hydrogens is 284 g/mol. The van der Waals surface area contributed by atoms with Crippen LogP contribution in [0.4, 0.5) is 5.69 Å². The van der Waals surface area contributed by atoms with Gasteiger partial charge in [-0.1, -0.05) is 43.7 Å². The van der Waals surface area contributed by atoms with Gasteiger partial charge in [0.2, 0.25) is 5.91 Å². The van der Waals surface area contributed by atoms with Crippen molar-refractivity contribution in [2.45, 2.75) is 32.7 Å². The van der Waals surface area contributed by atoms with Gasteiger partial charge in [-0.05, 0) is 48.1 Å². The molecule has 0 aliphatic rings. The molecule has 23 heavy (non-hydrogen) atoms. The number of hydrogen-bond donors (Lipinski definition) is 1. The molecular formula is C20H22N2O. The number of amides is 1. The lowest BCUT2D eigenvalue weighted by Gasteiger charge is -2.08. The lowest BCUT2D eigenvalue weighted by Crippen LogP contribution is -2.18. The van der Waals surface area contributed by atoms with Crippen LogP contribution in [0.25, 0.3) is 10.9 Å². The Kier molecular flexibility index (Phi) is 4.77. The second kappa shape index (κ2) is 7.14. The normalized spacial score (nSPS) is 10.8. The Morgan fingerprint density at radius 3 is 2.61 bits per heavy atom. The Morgan fingerprint density at radius 1 is 1.04 bits per heavy atom. The third-order valence-electron chi connectivity index (χ3n) is 4.05. The lowest BCUT2D eigenvalue weighted by molar-refractivity contribution is -0.116. The lowest BCUT2D eigenvalue weighted by atomic mass is 10.1. The topological polar surface area (TPSA) is 34.0 Å². The van der Waals surface area contributed by atoms with E-state index in [0.717, 1.165) is 23.0 Å². The average Bonchev–Trinajstić information content (AvgIpc) is 2.97. The number of anilines is 1. The number of fused-ring (bicyclic) bond motifs is 1. The maximum Gasteiger partial charge on any atom is 0.244 e. The van der Waals surface area contributed by atoms with E-state index >= 15 is 0 Å². The van der Waals surface area contributed by atoms with Crippen LogP contribution in [0, 0.1) is 0 Å². The summed E-state index contributed by atoms with van der Waals surface area (Å²) in [6.45, 7) is 2.52. The van der Waals surface area contributed by atoms with Gasteiger partial charge in [-0.25, -0.2) is 0 Å². The van der Waals surface area contributed by atoms with Crippen molar-refractivity contribution in [1.29, 1.82) is 0 Å². The number of nitrogens with one attached hydrogen (secondary N) is 1. The molecule has 0 radical (unpaired) electrons. The summed E-state index contributed by atoms with van der Waals surface area (Å²) >= 11 is 0. The number of unbranched alkanes of at least 4 members (excludes halogenated alkanes) is 1. The molecule has 0 spiro atoms. The molecule has 0 saturated carbocycles. The quantitative estimate of drug-likeness (QED) is 0.708. The van der Waals surface area contributed by atoms with Crippen LogP contribution in [-0.4, -0.2) is 10.5 Å². The number of benzene rings is 2.